The van der Waals surface area contributed by atoms with Crippen LogP contribution in [0.5, 0.6) is 0 Å². The average Bonchev–Trinajstić information content (AvgIpc) is 3.75. The summed E-state index contributed by atoms with van der Waals surface area (Å²) in [5.74, 6) is -1.23. The summed E-state index contributed by atoms with van der Waals surface area (Å²) in [4.78, 5) is 44.9. The molecule has 0 radical (unpaired) electrons. The maximum Gasteiger partial charge on any atom is 0.374 e. The molecule has 0 aliphatic carbocycles. The Bertz CT molecular complexity index is 2240. The zero-order valence-electron chi connectivity index (χ0n) is 31.4. The van der Waals surface area contributed by atoms with Crippen molar-refractivity contribution in [1.29, 1.82) is 0 Å². The Kier molecular flexibility index (Phi) is 12.0. The van der Waals surface area contributed by atoms with Crippen LogP contribution in [0.2, 0.25) is 0 Å². The van der Waals surface area contributed by atoms with Gasteiger partial charge >= 0.3 is 11.9 Å². The quantitative estimate of drug-likeness (QED) is 0.0410. The van der Waals surface area contributed by atoms with Crippen LogP contribution >= 0.6 is 0 Å². The third-order valence-electron chi connectivity index (χ3n) is 10.0. The van der Waals surface area contributed by atoms with Crippen molar-refractivity contribution in [3.63, 3.8) is 0 Å². The number of carbonyl (C=O) groups excluding carboxylic acids is 3. The first-order valence-electron chi connectivity index (χ1n) is 18.5. The standard InChI is InChI=1S/C42H46N4O8S/c1-42(2)33-30-32(43(3)31-16-7-4-8-17-31)23-24-34(33)44(28-15-29-55(50,51)52)37(42)20-9-5-10-21-40-45(35-18-12-13-19-36(35)53-40)27-14-6-11-22-41(49)54-46-38(47)25-26-39(46)48/h4-5,7-10,12-13,16-21,23-24,30H,6,11,14-15,22,25-29H2,1-3H3/p+1. The molecule has 0 saturated carbocycles. The molecule has 0 unspecified atom stereocenters. The molecule has 2 amide bonds. The van der Waals surface area contributed by atoms with E-state index in [0.29, 0.717) is 30.5 Å². The minimum atomic E-state index is -4.10. The molecule has 0 spiro atoms. The molecule has 2 aliphatic heterocycles. The number of hydrogen-bond donors (Lipinski definition) is 1. The Balaban J connectivity index is 1.15. The summed E-state index contributed by atoms with van der Waals surface area (Å²) in [6.45, 7) is 5.38. The zero-order valence-corrected chi connectivity index (χ0v) is 32.2. The van der Waals surface area contributed by atoms with Crippen molar-refractivity contribution >= 4 is 62.1 Å². The normalized spacial score (nSPS) is 16.3. The number of unbranched alkanes of at least 4 members (excludes halogenated alkanes) is 2. The largest absolute Gasteiger partial charge is 0.398 e. The number of amides is 2. The number of rotatable bonds is 16. The van der Waals surface area contributed by atoms with E-state index < -0.39 is 33.3 Å². The molecule has 3 aromatic carbocycles. The third kappa shape index (κ3) is 9.23. The van der Waals surface area contributed by atoms with Crippen LogP contribution in [0.4, 0.5) is 17.1 Å². The number of hydrogen-bond acceptors (Lipinski definition) is 9. The van der Waals surface area contributed by atoms with Gasteiger partial charge < -0.3 is 19.1 Å². The van der Waals surface area contributed by atoms with Gasteiger partial charge in [0.2, 0.25) is 5.58 Å². The van der Waals surface area contributed by atoms with Gasteiger partial charge in [-0.25, -0.2) is 4.79 Å². The predicted octanol–water partition coefficient (Wildman–Crippen LogP) is 7.18. The van der Waals surface area contributed by atoms with Crippen molar-refractivity contribution in [2.75, 3.05) is 29.1 Å². The van der Waals surface area contributed by atoms with Gasteiger partial charge in [0.05, 0.1) is 11.8 Å². The number of aryl methyl sites for hydroxylation is 1. The molecular weight excluding hydrogens is 721 g/mol. The summed E-state index contributed by atoms with van der Waals surface area (Å²) >= 11 is 0. The summed E-state index contributed by atoms with van der Waals surface area (Å²) in [5.41, 5.74) is 6.50. The molecule has 0 atom stereocenters. The van der Waals surface area contributed by atoms with Crippen molar-refractivity contribution in [3.8, 4) is 0 Å². The van der Waals surface area contributed by atoms with Crippen molar-refractivity contribution < 1.29 is 41.2 Å². The molecular formula is C42H47N4O8S+. The fourth-order valence-corrected chi connectivity index (χ4v) is 7.59. The van der Waals surface area contributed by atoms with Gasteiger partial charge in [-0.15, -0.1) is 5.06 Å². The molecule has 1 N–H and O–H groups in total. The highest BCUT2D eigenvalue weighted by Gasteiger charge is 2.40. The van der Waals surface area contributed by atoms with Crippen LogP contribution in [0.1, 0.15) is 70.2 Å². The number of para-hydroxylation sites is 3. The first-order chi connectivity index (χ1) is 26.3. The molecule has 288 valence electrons. The molecule has 2 aliphatic rings. The highest BCUT2D eigenvalue weighted by Crippen LogP contribution is 2.49. The summed E-state index contributed by atoms with van der Waals surface area (Å²) < 4.78 is 40.9. The van der Waals surface area contributed by atoms with E-state index in [4.69, 9.17) is 9.25 Å². The number of allylic oxidation sites excluding steroid dienone is 5. The molecule has 4 aromatic rings. The highest BCUT2D eigenvalue weighted by molar-refractivity contribution is 7.85. The summed E-state index contributed by atoms with van der Waals surface area (Å²) in [6.07, 6.45) is 12.3. The van der Waals surface area contributed by atoms with Crippen molar-refractivity contribution in [3.05, 3.63) is 114 Å². The van der Waals surface area contributed by atoms with E-state index in [9.17, 15) is 27.4 Å². The molecule has 1 fully saturated rings. The SMILES string of the molecule is CN(c1ccccc1)c1ccc2c(c1)C(C)(C)\C(=C/C=C/C=C/c1oc3ccccc3[n+]1CCCCCC(=O)ON1C(=O)CCC1=O)N2CCCS(=O)(=O)O. The van der Waals surface area contributed by atoms with E-state index in [0.717, 1.165) is 52.3 Å². The lowest BCUT2D eigenvalue weighted by Crippen LogP contribution is -2.35. The number of imide groups is 1. The minimum absolute atomic E-state index is 0.0641. The Hall–Kier alpha value is -5.53. The first-order valence-corrected chi connectivity index (χ1v) is 20.1. The summed E-state index contributed by atoms with van der Waals surface area (Å²) in [6, 6.07) is 24.2. The van der Waals surface area contributed by atoms with Gasteiger partial charge in [-0.05, 0) is 67.3 Å². The number of oxazole rings is 1. The van der Waals surface area contributed by atoms with Crippen LogP contribution in [0.25, 0.3) is 17.2 Å². The summed E-state index contributed by atoms with van der Waals surface area (Å²) in [5, 5.41) is 0.582. The molecule has 1 saturated heterocycles. The van der Waals surface area contributed by atoms with Gasteiger partial charge in [0.25, 0.3) is 27.4 Å². The smallest absolute Gasteiger partial charge is 0.374 e. The first kappa shape index (κ1) is 39.2. The Labute approximate surface area is 321 Å². The number of anilines is 3. The van der Waals surface area contributed by atoms with Gasteiger partial charge in [-0.1, -0.05) is 62.4 Å². The van der Waals surface area contributed by atoms with Crippen molar-refractivity contribution in [1.82, 2.24) is 5.06 Å². The van der Waals surface area contributed by atoms with E-state index in [1.165, 1.54) is 0 Å². The molecule has 12 nitrogen and oxygen atoms in total. The molecule has 6 rings (SSSR count). The van der Waals surface area contributed by atoms with Crippen LogP contribution in [-0.4, -0.2) is 55.2 Å². The predicted molar refractivity (Wildman–Crippen MR) is 211 cm³/mol. The highest BCUT2D eigenvalue weighted by atomic mass is 32.2. The lowest BCUT2D eigenvalue weighted by atomic mass is 9.83. The van der Waals surface area contributed by atoms with Gasteiger partial charge in [-0.2, -0.15) is 13.0 Å². The lowest BCUT2D eigenvalue weighted by Gasteiger charge is -2.27. The topological polar surface area (TPSA) is 142 Å². The fourth-order valence-electron chi connectivity index (χ4n) is 7.10. The maximum absolute atomic E-state index is 12.2. The molecule has 1 aromatic heterocycles. The Morgan fingerprint density at radius 2 is 1.65 bits per heavy atom. The number of benzene rings is 3. The van der Waals surface area contributed by atoms with Crippen LogP contribution < -0.4 is 14.4 Å². The minimum Gasteiger partial charge on any atom is -0.398 e. The number of fused-ring (bicyclic) bond motifs is 2. The molecule has 13 heteroatoms. The van der Waals surface area contributed by atoms with Crippen molar-refractivity contribution in [2.24, 2.45) is 0 Å². The number of hydroxylamine groups is 2. The Morgan fingerprint density at radius 1 is 0.927 bits per heavy atom. The van der Waals surface area contributed by atoms with E-state index >= 15 is 0 Å². The van der Waals surface area contributed by atoms with Crippen LogP contribution in [0.15, 0.2) is 107 Å². The monoisotopic (exact) mass is 767 g/mol. The maximum atomic E-state index is 12.2. The van der Waals surface area contributed by atoms with E-state index in [2.05, 4.69) is 58.5 Å². The van der Waals surface area contributed by atoms with Crippen molar-refractivity contribution in [2.45, 2.75) is 70.8 Å². The second-order valence-electron chi connectivity index (χ2n) is 14.2. The average molecular weight is 768 g/mol. The fraction of sp³-hybridized carbons (Fsp3) is 0.333. The molecule has 3 heterocycles. The third-order valence-corrected chi connectivity index (χ3v) is 10.8. The van der Waals surface area contributed by atoms with Crippen LogP contribution in [-0.2, 0) is 41.3 Å². The van der Waals surface area contributed by atoms with Crippen LogP contribution in [0.3, 0.4) is 0 Å². The Morgan fingerprint density at radius 3 is 2.40 bits per heavy atom. The zero-order chi connectivity index (χ0) is 39.2. The van der Waals surface area contributed by atoms with Crippen LogP contribution in [0, 0.1) is 0 Å². The van der Waals surface area contributed by atoms with E-state index in [1.807, 2.05) is 79.9 Å². The molecule has 0 bridgehead atoms. The van der Waals surface area contributed by atoms with E-state index in [1.54, 1.807) is 0 Å². The number of carbonyl (C=O) groups is 3. The van der Waals surface area contributed by atoms with E-state index in [-0.39, 0.29) is 31.4 Å². The number of nitrogens with zero attached hydrogens (tertiary/aromatic N) is 4. The lowest BCUT2D eigenvalue weighted by molar-refractivity contribution is -0.678. The molecule has 55 heavy (non-hydrogen) atoms. The second kappa shape index (κ2) is 16.9. The summed E-state index contributed by atoms with van der Waals surface area (Å²) in [7, 11) is -2.07. The van der Waals surface area contributed by atoms with Gasteiger partial charge in [-0.3, -0.25) is 14.1 Å². The van der Waals surface area contributed by atoms with Gasteiger partial charge in [0.1, 0.15) is 0 Å². The second-order valence-corrected chi connectivity index (χ2v) is 15.8. The van der Waals surface area contributed by atoms with Gasteiger partial charge in [0.15, 0.2) is 6.54 Å². The van der Waals surface area contributed by atoms with Gasteiger partial charge in [0, 0.05) is 73.5 Å². The number of aromatic nitrogens is 1.